The monoisotopic (exact) mass is 247 g/mol. The number of nitrogens with zero attached hydrogens (tertiary/aromatic N) is 2. The van der Waals surface area contributed by atoms with E-state index in [1.165, 1.54) is 19.3 Å². The van der Waals surface area contributed by atoms with Gasteiger partial charge in [0.15, 0.2) is 0 Å². The molecule has 4 unspecified atom stereocenters. The topological polar surface area (TPSA) is 60.9 Å². The van der Waals surface area contributed by atoms with Crippen molar-refractivity contribution in [3.8, 4) is 0 Å². The van der Waals surface area contributed by atoms with Crippen LogP contribution in [0.2, 0.25) is 0 Å². The van der Waals surface area contributed by atoms with Crippen molar-refractivity contribution in [2.75, 3.05) is 0 Å². The number of carbonyl (C=O) groups is 1. The third kappa shape index (κ3) is 1.99. The second-order valence-electron chi connectivity index (χ2n) is 5.92. The maximum atomic E-state index is 12.3. The molecule has 4 atom stereocenters. The van der Waals surface area contributed by atoms with E-state index in [1.807, 2.05) is 19.4 Å². The number of aryl methyl sites for hydroxylation is 2. The highest BCUT2D eigenvalue weighted by molar-refractivity contribution is 5.82. The molecular weight excluding hydrogens is 226 g/mol. The number of ketones is 1. The van der Waals surface area contributed by atoms with Crippen molar-refractivity contribution in [1.82, 2.24) is 9.78 Å². The SMILES string of the molecule is Cn1cc(CCC(=O)C2C3CCC(C3)C2N)cn1. The Morgan fingerprint density at radius 1 is 1.50 bits per heavy atom. The molecule has 2 bridgehead atoms. The maximum absolute atomic E-state index is 12.3. The average Bonchev–Trinajstić information content (AvgIpc) is 3.02. The summed E-state index contributed by atoms with van der Waals surface area (Å²) in [5, 5.41) is 4.13. The molecule has 0 radical (unpaired) electrons. The Labute approximate surface area is 108 Å². The summed E-state index contributed by atoms with van der Waals surface area (Å²) < 4.78 is 1.78. The van der Waals surface area contributed by atoms with Crippen LogP contribution in [-0.2, 0) is 18.3 Å². The second kappa shape index (κ2) is 4.50. The fourth-order valence-electron chi connectivity index (χ4n) is 3.85. The molecule has 1 aromatic rings. The van der Waals surface area contributed by atoms with E-state index in [0.29, 0.717) is 24.0 Å². The predicted molar refractivity (Wildman–Crippen MR) is 68.8 cm³/mol. The first-order valence-electron chi connectivity index (χ1n) is 6.91. The number of aromatic nitrogens is 2. The Kier molecular flexibility index (Phi) is 2.98. The molecule has 1 aromatic heterocycles. The quantitative estimate of drug-likeness (QED) is 0.872. The lowest BCUT2D eigenvalue weighted by Gasteiger charge is -2.26. The highest BCUT2D eigenvalue weighted by Gasteiger charge is 2.48. The van der Waals surface area contributed by atoms with Crippen molar-refractivity contribution in [2.45, 2.75) is 38.1 Å². The Hall–Kier alpha value is -1.16. The number of fused-ring (bicyclic) bond motifs is 2. The first kappa shape index (κ1) is 11.9. The van der Waals surface area contributed by atoms with Gasteiger partial charge in [0, 0.05) is 31.6 Å². The maximum Gasteiger partial charge on any atom is 0.138 e. The molecule has 3 rings (SSSR count). The van der Waals surface area contributed by atoms with Gasteiger partial charge in [-0.25, -0.2) is 0 Å². The summed E-state index contributed by atoms with van der Waals surface area (Å²) in [6, 6.07) is 0.130. The number of nitrogens with two attached hydrogens (primary N) is 1. The summed E-state index contributed by atoms with van der Waals surface area (Å²) in [7, 11) is 1.90. The van der Waals surface area contributed by atoms with Gasteiger partial charge >= 0.3 is 0 Å². The zero-order chi connectivity index (χ0) is 12.7. The van der Waals surface area contributed by atoms with Crippen LogP contribution in [0.1, 0.15) is 31.2 Å². The van der Waals surface area contributed by atoms with E-state index in [-0.39, 0.29) is 12.0 Å². The molecule has 18 heavy (non-hydrogen) atoms. The summed E-state index contributed by atoms with van der Waals surface area (Å²) in [5.41, 5.74) is 7.34. The van der Waals surface area contributed by atoms with Crippen LogP contribution in [0, 0.1) is 17.8 Å². The molecule has 2 aliphatic rings. The van der Waals surface area contributed by atoms with Gasteiger partial charge in [-0.2, -0.15) is 5.10 Å². The van der Waals surface area contributed by atoms with E-state index in [0.717, 1.165) is 12.0 Å². The van der Waals surface area contributed by atoms with Crippen LogP contribution in [0.4, 0.5) is 0 Å². The van der Waals surface area contributed by atoms with Crippen molar-refractivity contribution in [2.24, 2.45) is 30.5 Å². The highest BCUT2D eigenvalue weighted by Crippen LogP contribution is 2.48. The standard InChI is InChI=1S/C14H21N3O/c1-17-8-9(7-16-17)2-5-12(18)13-10-3-4-11(6-10)14(13)15/h7-8,10-11,13-14H,2-6,15H2,1H3. The van der Waals surface area contributed by atoms with Gasteiger partial charge in [-0.1, -0.05) is 0 Å². The number of hydrogen-bond acceptors (Lipinski definition) is 3. The lowest BCUT2D eigenvalue weighted by molar-refractivity contribution is -0.124. The Bertz CT molecular complexity index is 452. The van der Waals surface area contributed by atoms with E-state index in [9.17, 15) is 4.79 Å². The molecule has 0 spiro atoms. The normalized spacial score (nSPS) is 34.1. The lowest BCUT2D eigenvalue weighted by Crippen LogP contribution is -2.40. The zero-order valence-corrected chi connectivity index (χ0v) is 10.9. The van der Waals surface area contributed by atoms with E-state index < -0.39 is 0 Å². The summed E-state index contributed by atoms with van der Waals surface area (Å²) in [4.78, 5) is 12.3. The molecule has 0 amide bonds. The van der Waals surface area contributed by atoms with Crippen molar-refractivity contribution >= 4 is 5.78 Å². The molecule has 2 saturated carbocycles. The van der Waals surface area contributed by atoms with Crippen LogP contribution in [0.3, 0.4) is 0 Å². The second-order valence-corrected chi connectivity index (χ2v) is 5.92. The van der Waals surface area contributed by atoms with Gasteiger partial charge in [0.1, 0.15) is 5.78 Å². The average molecular weight is 247 g/mol. The smallest absolute Gasteiger partial charge is 0.138 e. The third-order valence-electron chi connectivity index (χ3n) is 4.77. The van der Waals surface area contributed by atoms with E-state index in [1.54, 1.807) is 4.68 Å². The molecule has 2 aliphatic carbocycles. The predicted octanol–water partition coefficient (Wildman–Crippen LogP) is 1.30. The van der Waals surface area contributed by atoms with Crippen molar-refractivity contribution < 1.29 is 4.79 Å². The number of carbonyl (C=O) groups excluding carboxylic acids is 1. The van der Waals surface area contributed by atoms with Crippen LogP contribution in [0.25, 0.3) is 0 Å². The minimum absolute atomic E-state index is 0.130. The Balaban J connectivity index is 1.59. The molecule has 2 fully saturated rings. The largest absolute Gasteiger partial charge is 0.327 e. The van der Waals surface area contributed by atoms with Crippen LogP contribution < -0.4 is 5.73 Å². The van der Waals surface area contributed by atoms with E-state index in [4.69, 9.17) is 5.73 Å². The fourth-order valence-corrected chi connectivity index (χ4v) is 3.85. The van der Waals surface area contributed by atoms with Gasteiger partial charge in [0.05, 0.1) is 6.20 Å². The van der Waals surface area contributed by atoms with Gasteiger partial charge < -0.3 is 5.73 Å². The molecule has 0 aromatic carbocycles. The molecule has 0 saturated heterocycles. The summed E-state index contributed by atoms with van der Waals surface area (Å²) in [6.07, 6.45) is 8.87. The molecule has 4 heteroatoms. The first-order chi connectivity index (χ1) is 8.65. The van der Waals surface area contributed by atoms with Crippen LogP contribution in [-0.4, -0.2) is 21.6 Å². The minimum atomic E-state index is 0.130. The van der Waals surface area contributed by atoms with E-state index >= 15 is 0 Å². The van der Waals surface area contributed by atoms with Crippen LogP contribution in [0.15, 0.2) is 12.4 Å². The minimum Gasteiger partial charge on any atom is -0.327 e. The van der Waals surface area contributed by atoms with Crippen molar-refractivity contribution in [1.29, 1.82) is 0 Å². The first-order valence-corrected chi connectivity index (χ1v) is 6.91. The lowest BCUT2D eigenvalue weighted by atomic mass is 9.81. The molecule has 2 N–H and O–H groups in total. The molecule has 0 aliphatic heterocycles. The molecule has 98 valence electrons. The van der Waals surface area contributed by atoms with Gasteiger partial charge in [-0.05, 0) is 43.1 Å². The van der Waals surface area contributed by atoms with Gasteiger partial charge in [-0.3, -0.25) is 9.48 Å². The number of rotatable bonds is 4. The molecule has 1 heterocycles. The number of hydrogen-bond donors (Lipinski definition) is 1. The van der Waals surface area contributed by atoms with Gasteiger partial charge in [0.2, 0.25) is 0 Å². The van der Waals surface area contributed by atoms with Crippen molar-refractivity contribution in [3.63, 3.8) is 0 Å². The molecular formula is C14H21N3O. The van der Waals surface area contributed by atoms with Gasteiger partial charge in [-0.15, -0.1) is 0 Å². The van der Waals surface area contributed by atoms with Gasteiger partial charge in [0.25, 0.3) is 0 Å². The number of Topliss-reactive ketones (excluding diaryl/α,β-unsaturated/α-hetero) is 1. The highest BCUT2D eigenvalue weighted by atomic mass is 16.1. The van der Waals surface area contributed by atoms with Crippen LogP contribution >= 0.6 is 0 Å². The van der Waals surface area contributed by atoms with E-state index in [2.05, 4.69) is 5.10 Å². The molecule has 4 nitrogen and oxygen atoms in total. The summed E-state index contributed by atoms with van der Waals surface area (Å²) in [6.45, 7) is 0. The Morgan fingerprint density at radius 3 is 2.89 bits per heavy atom. The third-order valence-corrected chi connectivity index (χ3v) is 4.77. The summed E-state index contributed by atoms with van der Waals surface area (Å²) >= 11 is 0. The summed E-state index contributed by atoms with van der Waals surface area (Å²) in [5.74, 6) is 1.70. The van der Waals surface area contributed by atoms with Crippen LogP contribution in [0.5, 0.6) is 0 Å². The fraction of sp³-hybridized carbons (Fsp3) is 0.714. The van der Waals surface area contributed by atoms with Crippen molar-refractivity contribution in [3.05, 3.63) is 18.0 Å². The zero-order valence-electron chi connectivity index (χ0n) is 10.9. The Morgan fingerprint density at radius 2 is 2.28 bits per heavy atom.